The third kappa shape index (κ3) is 2.53. The van der Waals surface area contributed by atoms with Gasteiger partial charge in [0.15, 0.2) is 0 Å². The van der Waals surface area contributed by atoms with E-state index in [0.29, 0.717) is 16.6 Å². The molecule has 0 saturated carbocycles. The van der Waals surface area contributed by atoms with Gasteiger partial charge in [-0.3, -0.25) is 0 Å². The zero-order chi connectivity index (χ0) is 14.1. The van der Waals surface area contributed by atoms with E-state index >= 15 is 0 Å². The van der Waals surface area contributed by atoms with Crippen LogP contribution in [-0.2, 0) is 0 Å². The molecule has 0 bridgehead atoms. The summed E-state index contributed by atoms with van der Waals surface area (Å²) in [5.41, 5.74) is 3.11. The van der Waals surface area contributed by atoms with Crippen LogP contribution < -0.4 is 5.32 Å². The molecule has 2 atom stereocenters. The maximum atomic E-state index is 13.9. The van der Waals surface area contributed by atoms with Gasteiger partial charge in [-0.1, -0.05) is 42.8 Å². The lowest BCUT2D eigenvalue weighted by atomic mass is 9.81. The van der Waals surface area contributed by atoms with E-state index in [2.05, 4.69) is 30.4 Å². The molecule has 104 valence electrons. The molecule has 0 heterocycles. The Hall–Kier alpha value is -1.54. The Morgan fingerprint density at radius 1 is 1.10 bits per heavy atom. The molecule has 0 aromatic heterocycles. The minimum Gasteiger partial charge on any atom is -0.376 e. The van der Waals surface area contributed by atoms with Crippen molar-refractivity contribution in [2.24, 2.45) is 0 Å². The third-order valence-electron chi connectivity index (χ3n) is 4.05. The summed E-state index contributed by atoms with van der Waals surface area (Å²) >= 11 is 5.95. The second-order valence-corrected chi connectivity index (χ2v) is 5.86. The van der Waals surface area contributed by atoms with Crippen molar-refractivity contribution in [1.82, 2.24) is 0 Å². The lowest BCUT2D eigenvalue weighted by molar-refractivity contribution is 0.531. The van der Waals surface area contributed by atoms with E-state index in [0.717, 1.165) is 12.8 Å². The van der Waals surface area contributed by atoms with E-state index in [1.807, 2.05) is 6.07 Å². The first kappa shape index (κ1) is 13.4. The molecular formula is C17H17ClFN. The second kappa shape index (κ2) is 5.45. The summed E-state index contributed by atoms with van der Waals surface area (Å²) in [6.07, 6.45) is 2.11. The largest absolute Gasteiger partial charge is 0.376 e. The van der Waals surface area contributed by atoms with Crippen molar-refractivity contribution >= 4 is 17.3 Å². The van der Waals surface area contributed by atoms with Gasteiger partial charge in [0.25, 0.3) is 0 Å². The molecule has 1 aliphatic rings. The Kier molecular flexibility index (Phi) is 3.66. The Bertz CT molecular complexity index is 626. The number of anilines is 1. The van der Waals surface area contributed by atoms with Gasteiger partial charge in [0.05, 0.1) is 11.7 Å². The fourth-order valence-electron chi connectivity index (χ4n) is 2.95. The average molecular weight is 290 g/mol. The van der Waals surface area contributed by atoms with Crippen molar-refractivity contribution in [2.75, 3.05) is 5.32 Å². The molecule has 1 nitrogen and oxygen atoms in total. The van der Waals surface area contributed by atoms with Crippen LogP contribution in [0.3, 0.4) is 0 Å². The molecule has 0 fully saturated rings. The number of hydrogen-bond donors (Lipinski definition) is 1. The van der Waals surface area contributed by atoms with Crippen LogP contribution in [0.25, 0.3) is 0 Å². The highest BCUT2D eigenvalue weighted by Crippen LogP contribution is 2.39. The number of nitrogens with one attached hydrogen (secondary N) is 1. The van der Waals surface area contributed by atoms with Gasteiger partial charge in [0, 0.05) is 5.02 Å². The molecule has 3 heteroatoms. The van der Waals surface area contributed by atoms with Gasteiger partial charge in [-0.2, -0.15) is 0 Å². The summed E-state index contributed by atoms with van der Waals surface area (Å²) in [5, 5.41) is 3.85. The zero-order valence-electron chi connectivity index (χ0n) is 11.4. The lowest BCUT2D eigenvalue weighted by Crippen LogP contribution is -2.19. The maximum absolute atomic E-state index is 13.9. The van der Waals surface area contributed by atoms with E-state index in [1.54, 1.807) is 12.1 Å². The molecule has 1 aliphatic carbocycles. The molecule has 0 spiro atoms. The van der Waals surface area contributed by atoms with Crippen LogP contribution in [0, 0.1) is 5.82 Å². The third-order valence-corrected chi connectivity index (χ3v) is 4.28. The topological polar surface area (TPSA) is 12.0 Å². The Morgan fingerprint density at radius 2 is 1.85 bits per heavy atom. The van der Waals surface area contributed by atoms with Crippen LogP contribution in [0.4, 0.5) is 10.1 Å². The Labute approximate surface area is 123 Å². The van der Waals surface area contributed by atoms with Gasteiger partial charge >= 0.3 is 0 Å². The van der Waals surface area contributed by atoms with Crippen LogP contribution >= 0.6 is 11.6 Å². The quantitative estimate of drug-likeness (QED) is 0.766. The van der Waals surface area contributed by atoms with Gasteiger partial charge in [0.2, 0.25) is 0 Å². The lowest BCUT2D eigenvalue weighted by Gasteiger charge is -2.31. The monoisotopic (exact) mass is 289 g/mol. The van der Waals surface area contributed by atoms with Crippen molar-refractivity contribution < 1.29 is 4.39 Å². The predicted molar refractivity (Wildman–Crippen MR) is 81.9 cm³/mol. The molecule has 2 aromatic rings. The number of hydrogen-bond acceptors (Lipinski definition) is 1. The molecule has 0 amide bonds. The molecule has 3 rings (SSSR count). The van der Waals surface area contributed by atoms with Gasteiger partial charge in [-0.15, -0.1) is 0 Å². The average Bonchev–Trinajstić information content (AvgIpc) is 2.46. The summed E-state index contributed by atoms with van der Waals surface area (Å²) in [7, 11) is 0. The van der Waals surface area contributed by atoms with Crippen molar-refractivity contribution in [3.63, 3.8) is 0 Å². The number of fused-ring (bicyclic) bond motifs is 1. The SMILES string of the molecule is CC1CCC(Nc2cc(Cl)ccc2F)c2ccccc21. The van der Waals surface area contributed by atoms with Gasteiger partial charge < -0.3 is 5.32 Å². The Balaban J connectivity index is 1.92. The predicted octanol–water partition coefficient (Wildman–Crippen LogP) is 5.53. The van der Waals surface area contributed by atoms with E-state index in [9.17, 15) is 4.39 Å². The van der Waals surface area contributed by atoms with E-state index in [1.165, 1.54) is 17.2 Å². The summed E-state index contributed by atoms with van der Waals surface area (Å²) < 4.78 is 13.9. The van der Waals surface area contributed by atoms with Crippen LogP contribution in [0.1, 0.15) is 42.9 Å². The number of benzene rings is 2. The van der Waals surface area contributed by atoms with Crippen LogP contribution in [-0.4, -0.2) is 0 Å². The molecule has 0 aliphatic heterocycles. The molecule has 0 radical (unpaired) electrons. The maximum Gasteiger partial charge on any atom is 0.146 e. The van der Waals surface area contributed by atoms with Gasteiger partial charge in [-0.25, -0.2) is 4.39 Å². The molecule has 1 N–H and O–H groups in total. The fraction of sp³-hybridized carbons (Fsp3) is 0.294. The van der Waals surface area contributed by atoms with E-state index in [-0.39, 0.29) is 11.9 Å². The minimum atomic E-state index is -0.259. The normalized spacial score (nSPS) is 21.4. The summed E-state index contributed by atoms with van der Waals surface area (Å²) in [6.45, 7) is 2.25. The molecular weight excluding hydrogens is 273 g/mol. The Morgan fingerprint density at radius 3 is 2.65 bits per heavy atom. The molecule has 0 saturated heterocycles. The minimum absolute atomic E-state index is 0.148. The number of rotatable bonds is 2. The number of halogens is 2. The highest BCUT2D eigenvalue weighted by atomic mass is 35.5. The fourth-order valence-corrected chi connectivity index (χ4v) is 3.12. The summed E-state index contributed by atoms with van der Waals surface area (Å²) in [5.74, 6) is 0.305. The van der Waals surface area contributed by atoms with Gasteiger partial charge in [-0.05, 0) is 48.1 Å². The standard InChI is InChI=1S/C17H17ClFN/c1-11-6-9-16(14-5-3-2-4-13(11)14)20-17-10-12(18)7-8-15(17)19/h2-5,7-8,10-11,16,20H,6,9H2,1H3. The first-order valence-corrected chi connectivity index (χ1v) is 7.33. The second-order valence-electron chi connectivity index (χ2n) is 5.43. The van der Waals surface area contributed by atoms with Crippen molar-refractivity contribution in [3.8, 4) is 0 Å². The highest BCUT2D eigenvalue weighted by Gasteiger charge is 2.24. The van der Waals surface area contributed by atoms with Crippen molar-refractivity contribution in [2.45, 2.75) is 31.7 Å². The first-order valence-electron chi connectivity index (χ1n) is 6.95. The molecule has 20 heavy (non-hydrogen) atoms. The van der Waals surface area contributed by atoms with Crippen molar-refractivity contribution in [1.29, 1.82) is 0 Å². The van der Waals surface area contributed by atoms with Crippen LogP contribution in [0.2, 0.25) is 5.02 Å². The summed E-state index contributed by atoms with van der Waals surface area (Å²) in [4.78, 5) is 0. The van der Waals surface area contributed by atoms with E-state index < -0.39 is 0 Å². The highest BCUT2D eigenvalue weighted by molar-refractivity contribution is 6.30. The first-order chi connectivity index (χ1) is 9.65. The smallest absolute Gasteiger partial charge is 0.146 e. The van der Waals surface area contributed by atoms with Gasteiger partial charge in [0.1, 0.15) is 5.82 Å². The van der Waals surface area contributed by atoms with Crippen LogP contribution in [0.5, 0.6) is 0 Å². The van der Waals surface area contributed by atoms with E-state index in [4.69, 9.17) is 11.6 Å². The molecule has 2 unspecified atom stereocenters. The summed E-state index contributed by atoms with van der Waals surface area (Å²) in [6, 6.07) is 13.2. The zero-order valence-corrected chi connectivity index (χ0v) is 12.1. The molecule has 2 aromatic carbocycles. The van der Waals surface area contributed by atoms with Crippen LogP contribution in [0.15, 0.2) is 42.5 Å². The van der Waals surface area contributed by atoms with Crippen molar-refractivity contribution in [3.05, 3.63) is 64.4 Å².